The summed E-state index contributed by atoms with van der Waals surface area (Å²) >= 11 is 7.85. The second kappa shape index (κ2) is 14.5. The third-order valence-electron chi connectivity index (χ3n) is 6.21. The topological polar surface area (TPSA) is 92.6 Å². The summed E-state index contributed by atoms with van der Waals surface area (Å²) in [6.45, 7) is 4.14. The smallest absolute Gasteiger partial charge is 0.269 e. The normalized spacial score (nSPS) is 12.4. The van der Waals surface area contributed by atoms with E-state index in [2.05, 4.69) is 5.32 Å². The number of carbonyl (C=O) groups excluding carboxylic acids is 2. The SMILES string of the molecule is CC[C@@H](C)NC(=O)[C@@H](Cc1ccccc1)N(Cc1ccccc1Cl)C(=O)CSCc1ccc([N+](=O)[O-])cc1. The van der Waals surface area contributed by atoms with Crippen molar-refractivity contribution in [1.29, 1.82) is 0 Å². The van der Waals surface area contributed by atoms with E-state index in [-0.39, 0.29) is 35.8 Å². The molecule has 0 radical (unpaired) electrons. The molecule has 38 heavy (non-hydrogen) atoms. The van der Waals surface area contributed by atoms with Gasteiger partial charge in [-0.1, -0.05) is 79.2 Å². The number of nitro benzene ring substituents is 1. The summed E-state index contributed by atoms with van der Waals surface area (Å²) in [6.07, 6.45) is 1.14. The highest BCUT2D eigenvalue weighted by Crippen LogP contribution is 2.23. The molecule has 3 aromatic rings. The molecule has 0 bridgehead atoms. The largest absolute Gasteiger partial charge is 0.352 e. The van der Waals surface area contributed by atoms with Gasteiger partial charge in [0.1, 0.15) is 6.04 Å². The maximum Gasteiger partial charge on any atom is 0.269 e. The Morgan fingerprint density at radius 2 is 1.66 bits per heavy atom. The average molecular weight is 554 g/mol. The predicted octanol–water partition coefficient (Wildman–Crippen LogP) is 6.04. The number of thioether (sulfide) groups is 1. The van der Waals surface area contributed by atoms with Crippen LogP contribution in [0.1, 0.15) is 37.0 Å². The summed E-state index contributed by atoms with van der Waals surface area (Å²) in [6, 6.07) is 22.5. The molecule has 1 N–H and O–H groups in total. The third-order valence-corrected chi connectivity index (χ3v) is 7.57. The van der Waals surface area contributed by atoms with Crippen molar-refractivity contribution in [2.75, 3.05) is 5.75 Å². The summed E-state index contributed by atoms with van der Waals surface area (Å²) < 4.78 is 0. The van der Waals surface area contributed by atoms with Gasteiger partial charge in [-0.3, -0.25) is 19.7 Å². The van der Waals surface area contributed by atoms with Crippen LogP contribution in [0.15, 0.2) is 78.9 Å². The number of benzene rings is 3. The van der Waals surface area contributed by atoms with Crippen molar-refractivity contribution in [1.82, 2.24) is 10.2 Å². The minimum atomic E-state index is -0.727. The minimum absolute atomic E-state index is 0.0248. The minimum Gasteiger partial charge on any atom is -0.352 e. The first-order valence-electron chi connectivity index (χ1n) is 12.5. The van der Waals surface area contributed by atoms with E-state index in [9.17, 15) is 19.7 Å². The predicted molar refractivity (Wildman–Crippen MR) is 153 cm³/mol. The van der Waals surface area contributed by atoms with Crippen LogP contribution in [-0.4, -0.2) is 39.5 Å². The Bertz CT molecular complexity index is 1220. The van der Waals surface area contributed by atoms with Crippen LogP contribution in [0, 0.1) is 10.1 Å². The Morgan fingerprint density at radius 3 is 2.29 bits per heavy atom. The number of hydrogen-bond acceptors (Lipinski definition) is 5. The lowest BCUT2D eigenvalue weighted by Gasteiger charge is -2.32. The van der Waals surface area contributed by atoms with Crippen molar-refractivity contribution in [2.45, 2.75) is 51.1 Å². The van der Waals surface area contributed by atoms with Gasteiger partial charge in [-0.05, 0) is 36.1 Å². The van der Waals surface area contributed by atoms with E-state index in [0.29, 0.717) is 17.2 Å². The second-order valence-electron chi connectivity index (χ2n) is 9.05. The molecule has 0 fully saturated rings. The first-order valence-corrected chi connectivity index (χ1v) is 14.0. The van der Waals surface area contributed by atoms with Gasteiger partial charge in [-0.25, -0.2) is 0 Å². The third kappa shape index (κ3) is 8.60. The summed E-state index contributed by atoms with van der Waals surface area (Å²) in [5.41, 5.74) is 2.61. The zero-order chi connectivity index (χ0) is 27.5. The summed E-state index contributed by atoms with van der Waals surface area (Å²) in [4.78, 5) is 39.3. The van der Waals surface area contributed by atoms with Crippen molar-refractivity contribution >= 4 is 40.9 Å². The summed E-state index contributed by atoms with van der Waals surface area (Å²) in [5.74, 6) is 0.260. The second-order valence-corrected chi connectivity index (χ2v) is 10.4. The molecule has 2 amide bonds. The molecule has 2 atom stereocenters. The number of carbonyl (C=O) groups is 2. The van der Waals surface area contributed by atoms with Crippen molar-refractivity contribution in [2.24, 2.45) is 0 Å². The lowest BCUT2D eigenvalue weighted by atomic mass is 10.0. The van der Waals surface area contributed by atoms with Crippen molar-refractivity contribution < 1.29 is 14.5 Å². The van der Waals surface area contributed by atoms with Crippen molar-refractivity contribution in [3.8, 4) is 0 Å². The molecule has 3 rings (SSSR count). The van der Waals surface area contributed by atoms with Gasteiger partial charge in [0.05, 0.1) is 10.7 Å². The van der Waals surface area contributed by atoms with Crippen molar-refractivity contribution in [3.63, 3.8) is 0 Å². The van der Waals surface area contributed by atoms with Crippen LogP contribution >= 0.6 is 23.4 Å². The first-order chi connectivity index (χ1) is 18.3. The Balaban J connectivity index is 1.84. The lowest BCUT2D eigenvalue weighted by Crippen LogP contribution is -2.52. The van der Waals surface area contributed by atoms with E-state index >= 15 is 0 Å². The molecule has 0 aliphatic heterocycles. The molecule has 0 unspecified atom stereocenters. The number of halogens is 1. The molecule has 0 saturated heterocycles. The fourth-order valence-electron chi connectivity index (χ4n) is 3.86. The molecule has 0 heterocycles. The van der Waals surface area contributed by atoms with Gasteiger partial charge in [0.25, 0.3) is 5.69 Å². The van der Waals surface area contributed by atoms with Crippen LogP contribution in [0.25, 0.3) is 0 Å². The molecule has 7 nitrogen and oxygen atoms in total. The highest BCUT2D eigenvalue weighted by molar-refractivity contribution is 7.99. The van der Waals surface area contributed by atoms with E-state index in [0.717, 1.165) is 23.1 Å². The number of nitrogens with one attached hydrogen (secondary N) is 1. The molecule has 3 aromatic carbocycles. The zero-order valence-corrected chi connectivity index (χ0v) is 23.1. The molecule has 0 aromatic heterocycles. The first kappa shape index (κ1) is 29.2. The fourth-order valence-corrected chi connectivity index (χ4v) is 4.92. The Hall–Kier alpha value is -3.36. The van der Waals surface area contributed by atoms with E-state index < -0.39 is 11.0 Å². The lowest BCUT2D eigenvalue weighted by molar-refractivity contribution is -0.384. The zero-order valence-electron chi connectivity index (χ0n) is 21.5. The molecular weight excluding hydrogens is 522 g/mol. The van der Waals surface area contributed by atoms with Gasteiger partial charge in [0.15, 0.2) is 0 Å². The highest BCUT2D eigenvalue weighted by atomic mass is 35.5. The number of nitrogens with zero attached hydrogens (tertiary/aromatic N) is 2. The quantitative estimate of drug-likeness (QED) is 0.206. The van der Waals surface area contributed by atoms with E-state index in [1.54, 1.807) is 23.1 Å². The van der Waals surface area contributed by atoms with Crippen LogP contribution in [0.2, 0.25) is 5.02 Å². The van der Waals surface area contributed by atoms with Crippen molar-refractivity contribution in [3.05, 3.63) is 111 Å². The molecule has 9 heteroatoms. The van der Waals surface area contributed by atoms with Crippen LogP contribution in [0.5, 0.6) is 0 Å². The van der Waals surface area contributed by atoms with Crippen LogP contribution in [0.4, 0.5) is 5.69 Å². The van der Waals surface area contributed by atoms with Gasteiger partial charge >= 0.3 is 0 Å². The number of nitro groups is 1. The fraction of sp³-hybridized carbons (Fsp3) is 0.310. The molecule has 0 saturated carbocycles. The average Bonchev–Trinajstić information content (AvgIpc) is 2.92. The summed E-state index contributed by atoms with van der Waals surface area (Å²) in [7, 11) is 0. The van der Waals surface area contributed by atoms with Gasteiger partial charge < -0.3 is 10.2 Å². The van der Waals surface area contributed by atoms with E-state index in [4.69, 9.17) is 11.6 Å². The van der Waals surface area contributed by atoms with Crippen LogP contribution in [0.3, 0.4) is 0 Å². The maximum atomic E-state index is 13.7. The molecule has 200 valence electrons. The highest BCUT2D eigenvalue weighted by Gasteiger charge is 2.31. The van der Waals surface area contributed by atoms with E-state index in [1.807, 2.05) is 62.4 Å². The summed E-state index contributed by atoms with van der Waals surface area (Å²) in [5, 5.41) is 14.5. The molecular formula is C29H32ClN3O4S. The van der Waals surface area contributed by atoms with Gasteiger partial charge in [0, 0.05) is 41.9 Å². The Kier molecular flexibility index (Phi) is 11.2. The Labute approximate surface area is 232 Å². The van der Waals surface area contributed by atoms with Gasteiger partial charge in [-0.15, -0.1) is 11.8 Å². The standard InChI is InChI=1S/C29H32ClN3O4S/c1-3-21(2)31-29(35)27(17-22-9-5-4-6-10-22)32(18-24-11-7-8-12-26(24)30)28(34)20-38-19-23-13-15-25(16-14-23)33(36)37/h4-16,21,27H,3,17-20H2,1-2H3,(H,31,35)/t21-,27-/m1/s1. The maximum absolute atomic E-state index is 13.7. The monoisotopic (exact) mass is 553 g/mol. The number of rotatable bonds is 13. The number of hydrogen-bond donors (Lipinski definition) is 1. The van der Waals surface area contributed by atoms with Crippen LogP contribution < -0.4 is 5.32 Å². The van der Waals surface area contributed by atoms with Crippen LogP contribution in [-0.2, 0) is 28.3 Å². The number of amides is 2. The number of non-ortho nitro benzene ring substituents is 1. The molecule has 0 aliphatic carbocycles. The molecule has 0 spiro atoms. The van der Waals surface area contributed by atoms with E-state index in [1.165, 1.54) is 23.9 Å². The van der Waals surface area contributed by atoms with Gasteiger partial charge in [0.2, 0.25) is 11.8 Å². The van der Waals surface area contributed by atoms with Gasteiger partial charge in [-0.2, -0.15) is 0 Å². The molecule has 0 aliphatic rings. The Morgan fingerprint density at radius 1 is 1.00 bits per heavy atom.